The third kappa shape index (κ3) is 0.775. The number of carbonyl (C=O) groups is 1. The summed E-state index contributed by atoms with van der Waals surface area (Å²) in [5, 5.41) is 0. The summed E-state index contributed by atoms with van der Waals surface area (Å²) in [4.78, 5) is 25.7. The number of imidazole rings is 1. The van der Waals surface area contributed by atoms with Crippen LogP contribution in [-0.2, 0) is 6.54 Å². The monoisotopic (exact) mass is 188 g/mol. The number of nitrogens with one attached hydrogen (secondary N) is 1. The molecular formula is C10H8N2O2. The van der Waals surface area contributed by atoms with E-state index in [2.05, 4.69) is 4.98 Å². The summed E-state index contributed by atoms with van der Waals surface area (Å²) in [7, 11) is 0. The average Bonchev–Trinajstić information content (AvgIpc) is 2.50. The van der Waals surface area contributed by atoms with Gasteiger partial charge < -0.3 is 4.98 Å². The number of ketones is 1. The van der Waals surface area contributed by atoms with Gasteiger partial charge >= 0.3 is 5.69 Å². The fourth-order valence-corrected chi connectivity index (χ4v) is 2.01. The fraction of sp³-hybridized carbons (Fsp3) is 0.200. The Kier molecular flexibility index (Phi) is 1.27. The van der Waals surface area contributed by atoms with E-state index in [1.54, 1.807) is 16.7 Å². The van der Waals surface area contributed by atoms with Crippen LogP contribution in [0.3, 0.4) is 0 Å². The van der Waals surface area contributed by atoms with E-state index < -0.39 is 0 Å². The van der Waals surface area contributed by atoms with Gasteiger partial charge in [0.25, 0.3) is 0 Å². The standard InChI is InChI=1S/C10H8N2O2/c13-8-4-5-12-9-6(8)2-1-3-7(9)11-10(12)14/h1-3H,4-5H2,(H,11,14). The molecule has 0 saturated heterocycles. The molecule has 4 nitrogen and oxygen atoms in total. The van der Waals surface area contributed by atoms with Gasteiger partial charge in [0.1, 0.15) is 0 Å². The molecule has 1 N–H and O–H groups in total. The lowest BCUT2D eigenvalue weighted by atomic mass is 10.0. The molecule has 1 aromatic carbocycles. The van der Waals surface area contributed by atoms with E-state index in [0.717, 1.165) is 11.0 Å². The van der Waals surface area contributed by atoms with Gasteiger partial charge in [-0.25, -0.2) is 4.79 Å². The second kappa shape index (κ2) is 2.35. The largest absolute Gasteiger partial charge is 0.326 e. The van der Waals surface area contributed by atoms with Gasteiger partial charge in [-0.05, 0) is 12.1 Å². The average molecular weight is 188 g/mol. The van der Waals surface area contributed by atoms with Crippen LogP contribution in [-0.4, -0.2) is 15.3 Å². The Morgan fingerprint density at radius 2 is 2.14 bits per heavy atom. The first-order valence-electron chi connectivity index (χ1n) is 4.52. The third-order valence-electron chi connectivity index (χ3n) is 2.66. The van der Waals surface area contributed by atoms with Gasteiger partial charge in [0.05, 0.1) is 11.0 Å². The first-order valence-corrected chi connectivity index (χ1v) is 4.52. The van der Waals surface area contributed by atoms with Gasteiger partial charge in [-0.2, -0.15) is 0 Å². The van der Waals surface area contributed by atoms with E-state index in [-0.39, 0.29) is 11.5 Å². The van der Waals surface area contributed by atoms with E-state index in [1.807, 2.05) is 6.07 Å². The minimum atomic E-state index is -0.125. The van der Waals surface area contributed by atoms with Crippen molar-refractivity contribution in [2.75, 3.05) is 0 Å². The lowest BCUT2D eigenvalue weighted by Gasteiger charge is -2.12. The maximum absolute atomic E-state index is 11.6. The Bertz CT molecular complexity index is 592. The molecule has 1 aromatic heterocycles. The highest BCUT2D eigenvalue weighted by Gasteiger charge is 2.20. The molecule has 4 heteroatoms. The van der Waals surface area contributed by atoms with Crippen LogP contribution in [0.25, 0.3) is 11.0 Å². The molecule has 0 radical (unpaired) electrons. The normalized spacial score (nSPS) is 15.0. The van der Waals surface area contributed by atoms with Crippen LogP contribution in [0.1, 0.15) is 16.8 Å². The maximum atomic E-state index is 11.6. The number of hydrogen-bond donors (Lipinski definition) is 1. The molecule has 0 aliphatic carbocycles. The zero-order valence-electron chi connectivity index (χ0n) is 7.41. The number of aryl methyl sites for hydroxylation is 1. The summed E-state index contributed by atoms with van der Waals surface area (Å²) in [5.74, 6) is 0.120. The van der Waals surface area contributed by atoms with Crippen LogP contribution in [0.2, 0.25) is 0 Å². The molecule has 1 aliphatic heterocycles. The summed E-state index contributed by atoms with van der Waals surface area (Å²) < 4.78 is 1.63. The minimum absolute atomic E-state index is 0.120. The molecule has 0 bridgehead atoms. The molecule has 0 fully saturated rings. The highest BCUT2D eigenvalue weighted by molar-refractivity contribution is 6.07. The molecule has 14 heavy (non-hydrogen) atoms. The van der Waals surface area contributed by atoms with Crippen LogP contribution >= 0.6 is 0 Å². The number of carbonyl (C=O) groups excluding carboxylic acids is 1. The number of H-pyrrole nitrogens is 1. The number of nitrogens with zero attached hydrogens (tertiary/aromatic N) is 1. The van der Waals surface area contributed by atoms with Crippen LogP contribution in [0.4, 0.5) is 0 Å². The molecule has 0 unspecified atom stereocenters. The van der Waals surface area contributed by atoms with Gasteiger partial charge in [-0.15, -0.1) is 0 Å². The van der Waals surface area contributed by atoms with Crippen molar-refractivity contribution in [3.8, 4) is 0 Å². The number of rotatable bonds is 0. The molecule has 3 rings (SSSR count). The SMILES string of the molecule is O=C1CCn2c(=O)[nH]c3cccc1c32. The summed E-state index contributed by atoms with van der Waals surface area (Å²) in [6, 6.07) is 5.38. The van der Waals surface area contributed by atoms with E-state index >= 15 is 0 Å². The van der Waals surface area contributed by atoms with Crippen molar-refractivity contribution in [2.24, 2.45) is 0 Å². The molecule has 0 spiro atoms. The predicted molar refractivity (Wildman–Crippen MR) is 51.5 cm³/mol. The molecule has 2 aromatic rings. The molecule has 0 atom stereocenters. The number of aromatic nitrogens is 2. The van der Waals surface area contributed by atoms with Crippen molar-refractivity contribution < 1.29 is 4.79 Å². The first-order chi connectivity index (χ1) is 6.77. The van der Waals surface area contributed by atoms with E-state index in [1.165, 1.54) is 0 Å². The van der Waals surface area contributed by atoms with Crippen molar-refractivity contribution in [1.29, 1.82) is 0 Å². The van der Waals surface area contributed by atoms with Crippen molar-refractivity contribution >= 4 is 16.8 Å². The molecule has 70 valence electrons. The zero-order chi connectivity index (χ0) is 9.71. The summed E-state index contributed by atoms with van der Waals surface area (Å²) in [6.07, 6.45) is 0.421. The van der Waals surface area contributed by atoms with Crippen molar-refractivity contribution in [3.05, 3.63) is 34.2 Å². The molecule has 0 saturated carbocycles. The molecule has 1 aliphatic rings. The lowest BCUT2D eigenvalue weighted by Crippen LogP contribution is -2.22. The number of hydrogen-bond acceptors (Lipinski definition) is 2. The smallest absolute Gasteiger partial charge is 0.306 e. The highest BCUT2D eigenvalue weighted by Crippen LogP contribution is 2.21. The topological polar surface area (TPSA) is 54.9 Å². The van der Waals surface area contributed by atoms with E-state index in [0.29, 0.717) is 18.5 Å². The highest BCUT2D eigenvalue weighted by atomic mass is 16.1. The Balaban J connectivity index is 2.59. The van der Waals surface area contributed by atoms with Crippen molar-refractivity contribution in [1.82, 2.24) is 9.55 Å². The van der Waals surface area contributed by atoms with Crippen LogP contribution in [0, 0.1) is 0 Å². The quantitative estimate of drug-likeness (QED) is 0.668. The van der Waals surface area contributed by atoms with Gasteiger partial charge in [-0.1, -0.05) is 6.07 Å². The summed E-state index contributed by atoms with van der Waals surface area (Å²) >= 11 is 0. The van der Waals surface area contributed by atoms with Gasteiger partial charge in [0, 0.05) is 18.5 Å². The maximum Gasteiger partial charge on any atom is 0.326 e. The Morgan fingerprint density at radius 3 is 3.00 bits per heavy atom. The van der Waals surface area contributed by atoms with Gasteiger partial charge in [0.15, 0.2) is 5.78 Å². The zero-order valence-corrected chi connectivity index (χ0v) is 7.41. The van der Waals surface area contributed by atoms with Gasteiger partial charge in [-0.3, -0.25) is 9.36 Å². The molecule has 2 heterocycles. The lowest BCUT2D eigenvalue weighted by molar-refractivity contribution is 0.0973. The number of benzene rings is 1. The first kappa shape index (κ1) is 7.55. The Hall–Kier alpha value is -1.84. The Labute approximate surface area is 79.2 Å². The molecule has 0 amide bonds. The number of Topliss-reactive ketones (excluding diaryl/α,β-unsaturated/α-hetero) is 1. The second-order valence-corrected chi connectivity index (χ2v) is 3.46. The van der Waals surface area contributed by atoms with Crippen molar-refractivity contribution in [3.63, 3.8) is 0 Å². The second-order valence-electron chi connectivity index (χ2n) is 3.46. The molecular weight excluding hydrogens is 180 g/mol. The predicted octanol–water partition coefficient (Wildman–Crippen LogP) is 0.916. The minimum Gasteiger partial charge on any atom is -0.306 e. The van der Waals surface area contributed by atoms with E-state index in [4.69, 9.17) is 0 Å². The van der Waals surface area contributed by atoms with Crippen molar-refractivity contribution in [2.45, 2.75) is 13.0 Å². The van der Waals surface area contributed by atoms with Crippen LogP contribution < -0.4 is 5.69 Å². The summed E-state index contributed by atoms with van der Waals surface area (Å²) in [6.45, 7) is 0.495. The van der Waals surface area contributed by atoms with E-state index in [9.17, 15) is 9.59 Å². The summed E-state index contributed by atoms with van der Waals surface area (Å²) in [5.41, 5.74) is 2.04. The third-order valence-corrected chi connectivity index (χ3v) is 2.66. The fourth-order valence-electron chi connectivity index (χ4n) is 2.01. The Morgan fingerprint density at radius 1 is 1.29 bits per heavy atom. The van der Waals surface area contributed by atoms with Crippen LogP contribution in [0.5, 0.6) is 0 Å². The van der Waals surface area contributed by atoms with Gasteiger partial charge in [0.2, 0.25) is 0 Å². The number of aromatic amines is 1. The van der Waals surface area contributed by atoms with Crippen LogP contribution in [0.15, 0.2) is 23.0 Å². The number of para-hydroxylation sites is 1.